The molecule has 6 nitrogen and oxygen atoms in total. The molecular formula is C12H17N3O3. The Morgan fingerprint density at radius 2 is 2.28 bits per heavy atom. The van der Waals surface area contributed by atoms with E-state index in [-0.39, 0.29) is 6.61 Å². The minimum Gasteiger partial charge on any atom is -0.398 e. The first-order valence-electron chi connectivity index (χ1n) is 5.68. The van der Waals surface area contributed by atoms with Gasteiger partial charge in [0.2, 0.25) is 0 Å². The summed E-state index contributed by atoms with van der Waals surface area (Å²) >= 11 is 0. The molecule has 2 aromatic heterocycles. The van der Waals surface area contributed by atoms with Gasteiger partial charge in [-0.1, -0.05) is 0 Å². The maximum Gasteiger partial charge on any atom is 0.141 e. The van der Waals surface area contributed by atoms with Crippen LogP contribution in [0.1, 0.15) is 0 Å². The highest BCUT2D eigenvalue weighted by atomic mass is 16.5. The number of fused-ring (bicyclic) bond motifs is 1. The summed E-state index contributed by atoms with van der Waals surface area (Å²) in [6.07, 6.45) is 2.02. The number of nitrogen functional groups attached to an aromatic ring is 1. The third kappa shape index (κ3) is 2.31. The van der Waals surface area contributed by atoms with E-state index in [1.54, 1.807) is 23.0 Å². The first-order valence-corrected chi connectivity index (χ1v) is 5.68. The van der Waals surface area contributed by atoms with Crippen LogP contribution in [0.25, 0.3) is 11.0 Å². The lowest BCUT2D eigenvalue weighted by molar-refractivity contribution is -0.0466. The molecular weight excluding hydrogens is 234 g/mol. The van der Waals surface area contributed by atoms with E-state index >= 15 is 0 Å². The first kappa shape index (κ1) is 12.8. The molecule has 0 amide bonds. The highest BCUT2D eigenvalue weighted by Gasteiger charge is 2.19. The van der Waals surface area contributed by atoms with E-state index in [0.717, 1.165) is 5.39 Å². The predicted molar refractivity (Wildman–Crippen MR) is 68.0 cm³/mol. The van der Waals surface area contributed by atoms with Crippen LogP contribution >= 0.6 is 0 Å². The number of anilines is 1. The molecule has 6 heteroatoms. The minimum atomic E-state index is -0.807. The lowest BCUT2D eigenvalue weighted by Gasteiger charge is -2.20. The van der Waals surface area contributed by atoms with Gasteiger partial charge in [0.15, 0.2) is 0 Å². The Kier molecular flexibility index (Phi) is 3.81. The van der Waals surface area contributed by atoms with Gasteiger partial charge in [0, 0.05) is 30.6 Å². The van der Waals surface area contributed by atoms with Gasteiger partial charge in [-0.25, -0.2) is 4.98 Å². The van der Waals surface area contributed by atoms with Gasteiger partial charge in [0.05, 0.1) is 13.2 Å². The van der Waals surface area contributed by atoms with E-state index in [4.69, 9.17) is 15.6 Å². The topological polar surface area (TPSA) is 93.5 Å². The number of aromatic nitrogens is 2. The van der Waals surface area contributed by atoms with Crippen molar-refractivity contribution in [1.82, 2.24) is 9.55 Å². The SMILES string of the molecule is CO[C@H](CO)[C@@H](O)Cn1ccc2c(N)ccnc21. The van der Waals surface area contributed by atoms with Crippen LogP contribution in [0, 0.1) is 0 Å². The van der Waals surface area contributed by atoms with E-state index in [2.05, 4.69) is 4.98 Å². The molecule has 0 spiro atoms. The van der Waals surface area contributed by atoms with Crippen molar-refractivity contribution < 1.29 is 14.9 Å². The average molecular weight is 251 g/mol. The molecule has 18 heavy (non-hydrogen) atoms. The second-order valence-corrected chi connectivity index (χ2v) is 4.13. The fourth-order valence-electron chi connectivity index (χ4n) is 1.93. The van der Waals surface area contributed by atoms with Crippen LogP contribution in [0.3, 0.4) is 0 Å². The van der Waals surface area contributed by atoms with Crippen molar-refractivity contribution in [3.63, 3.8) is 0 Å². The van der Waals surface area contributed by atoms with Gasteiger partial charge in [-0.15, -0.1) is 0 Å². The molecule has 2 atom stereocenters. The second kappa shape index (κ2) is 5.34. The summed E-state index contributed by atoms with van der Waals surface area (Å²) in [5, 5.41) is 19.8. The van der Waals surface area contributed by atoms with Crippen LogP contribution in [-0.4, -0.2) is 45.7 Å². The van der Waals surface area contributed by atoms with Crippen LogP contribution < -0.4 is 5.73 Å². The van der Waals surface area contributed by atoms with Crippen LogP contribution in [-0.2, 0) is 11.3 Å². The Labute approximate surface area is 105 Å². The summed E-state index contributed by atoms with van der Waals surface area (Å²) in [5.74, 6) is 0. The van der Waals surface area contributed by atoms with Gasteiger partial charge < -0.3 is 25.3 Å². The third-order valence-corrected chi connectivity index (χ3v) is 2.99. The zero-order chi connectivity index (χ0) is 13.1. The normalized spacial score (nSPS) is 14.8. The Morgan fingerprint density at radius 3 is 2.94 bits per heavy atom. The van der Waals surface area contributed by atoms with Crippen molar-refractivity contribution in [2.75, 3.05) is 19.5 Å². The lowest BCUT2D eigenvalue weighted by atomic mass is 10.2. The van der Waals surface area contributed by atoms with Gasteiger partial charge >= 0.3 is 0 Å². The fraction of sp³-hybridized carbons (Fsp3) is 0.417. The van der Waals surface area contributed by atoms with Crippen LogP contribution in [0.15, 0.2) is 24.5 Å². The number of ether oxygens (including phenoxy) is 1. The van der Waals surface area contributed by atoms with Crippen molar-refractivity contribution in [1.29, 1.82) is 0 Å². The standard InChI is InChI=1S/C12H17N3O3/c1-18-11(7-16)10(17)6-15-5-3-8-9(13)2-4-14-12(8)15/h2-5,10-11,16-17H,6-7H2,1H3,(H2,13,14)/t10-,11+/m0/s1. The van der Waals surface area contributed by atoms with Gasteiger partial charge in [0.1, 0.15) is 17.9 Å². The Morgan fingerprint density at radius 1 is 1.50 bits per heavy atom. The molecule has 0 bridgehead atoms. The maximum atomic E-state index is 9.94. The highest BCUT2D eigenvalue weighted by molar-refractivity contribution is 5.88. The molecule has 2 aromatic rings. The van der Waals surface area contributed by atoms with E-state index in [9.17, 15) is 5.11 Å². The molecule has 0 aliphatic heterocycles. The second-order valence-electron chi connectivity index (χ2n) is 4.13. The van der Waals surface area contributed by atoms with Crippen molar-refractivity contribution in [3.05, 3.63) is 24.5 Å². The summed E-state index contributed by atoms with van der Waals surface area (Å²) in [5.41, 5.74) is 7.19. The molecule has 0 saturated heterocycles. The quantitative estimate of drug-likeness (QED) is 0.694. The van der Waals surface area contributed by atoms with E-state index in [1.165, 1.54) is 7.11 Å². The van der Waals surface area contributed by atoms with Crippen molar-refractivity contribution in [2.24, 2.45) is 0 Å². The predicted octanol–water partition coefficient (Wildman–Crippen LogP) is -0.0133. The number of aliphatic hydroxyl groups is 2. The van der Waals surface area contributed by atoms with Gasteiger partial charge in [-0.05, 0) is 12.1 Å². The summed E-state index contributed by atoms with van der Waals surface area (Å²) in [7, 11) is 1.45. The van der Waals surface area contributed by atoms with Crippen LogP contribution in [0.2, 0.25) is 0 Å². The molecule has 0 fully saturated rings. The molecule has 98 valence electrons. The van der Waals surface area contributed by atoms with Gasteiger partial charge in [0.25, 0.3) is 0 Å². The number of rotatable bonds is 5. The lowest BCUT2D eigenvalue weighted by Crippen LogP contribution is -2.34. The minimum absolute atomic E-state index is 0.230. The van der Waals surface area contributed by atoms with E-state index in [1.807, 2.05) is 6.07 Å². The van der Waals surface area contributed by atoms with E-state index < -0.39 is 12.2 Å². The molecule has 0 aliphatic rings. The Bertz CT molecular complexity index is 522. The van der Waals surface area contributed by atoms with Crippen LogP contribution in [0.4, 0.5) is 5.69 Å². The van der Waals surface area contributed by atoms with Crippen molar-refractivity contribution >= 4 is 16.7 Å². The Hall–Kier alpha value is -1.63. The number of methoxy groups -OCH3 is 1. The first-order chi connectivity index (χ1) is 8.67. The molecule has 0 radical (unpaired) electrons. The van der Waals surface area contributed by atoms with E-state index in [0.29, 0.717) is 17.9 Å². The van der Waals surface area contributed by atoms with Crippen molar-refractivity contribution in [2.45, 2.75) is 18.8 Å². The summed E-state index contributed by atoms with van der Waals surface area (Å²) < 4.78 is 6.78. The molecule has 2 heterocycles. The van der Waals surface area contributed by atoms with Crippen LogP contribution in [0.5, 0.6) is 0 Å². The zero-order valence-electron chi connectivity index (χ0n) is 10.2. The fourth-order valence-corrected chi connectivity index (χ4v) is 1.93. The molecule has 4 N–H and O–H groups in total. The summed E-state index contributed by atoms with van der Waals surface area (Å²) in [4.78, 5) is 4.23. The zero-order valence-corrected chi connectivity index (χ0v) is 10.2. The molecule has 0 aliphatic carbocycles. The monoisotopic (exact) mass is 251 g/mol. The summed E-state index contributed by atoms with van der Waals surface area (Å²) in [6, 6.07) is 3.58. The molecule has 0 unspecified atom stereocenters. The molecule has 0 saturated carbocycles. The molecule has 2 rings (SSSR count). The van der Waals surface area contributed by atoms with Crippen molar-refractivity contribution in [3.8, 4) is 0 Å². The highest BCUT2D eigenvalue weighted by Crippen LogP contribution is 2.20. The average Bonchev–Trinajstić information content (AvgIpc) is 2.76. The Balaban J connectivity index is 2.24. The van der Waals surface area contributed by atoms with Gasteiger partial charge in [-0.2, -0.15) is 0 Å². The third-order valence-electron chi connectivity index (χ3n) is 2.99. The molecule has 0 aromatic carbocycles. The number of hydrogen-bond acceptors (Lipinski definition) is 5. The number of nitrogens with two attached hydrogens (primary N) is 1. The largest absolute Gasteiger partial charge is 0.398 e. The summed E-state index contributed by atoms with van der Waals surface area (Å²) in [6.45, 7) is 0.0610. The number of aliphatic hydroxyl groups excluding tert-OH is 2. The number of nitrogens with zero attached hydrogens (tertiary/aromatic N) is 2. The van der Waals surface area contributed by atoms with Gasteiger partial charge in [-0.3, -0.25) is 0 Å². The smallest absolute Gasteiger partial charge is 0.141 e. The maximum absolute atomic E-state index is 9.94. The number of pyridine rings is 1. The number of hydrogen-bond donors (Lipinski definition) is 3.